The number of nitrogens with zero attached hydrogens (tertiary/aromatic N) is 5. The van der Waals surface area contributed by atoms with Gasteiger partial charge in [-0.1, -0.05) is 19.9 Å². The minimum atomic E-state index is -1.46. The van der Waals surface area contributed by atoms with Crippen molar-refractivity contribution < 1.29 is 17.4 Å². The van der Waals surface area contributed by atoms with Crippen molar-refractivity contribution in [3.05, 3.63) is 77.2 Å². The Morgan fingerprint density at radius 2 is 1.95 bits per heavy atom. The van der Waals surface area contributed by atoms with E-state index in [1.54, 1.807) is 18.5 Å². The molecule has 1 N–H and O–H groups in total. The lowest BCUT2D eigenvalue weighted by molar-refractivity contribution is 0.242. The topological polar surface area (TPSA) is 119 Å². The molecule has 1 aromatic carbocycles. The van der Waals surface area contributed by atoms with Crippen molar-refractivity contribution in [2.24, 2.45) is 5.41 Å². The summed E-state index contributed by atoms with van der Waals surface area (Å²) in [6.45, 7) is 4.31. The van der Waals surface area contributed by atoms with Gasteiger partial charge in [-0.05, 0) is 47.9 Å². The number of hydrogen-bond acceptors (Lipinski definition) is 8. The van der Waals surface area contributed by atoms with Crippen molar-refractivity contribution in [2.45, 2.75) is 43.8 Å². The van der Waals surface area contributed by atoms with Gasteiger partial charge < -0.3 is 4.42 Å². The second-order valence-corrected chi connectivity index (χ2v) is 11.2. The number of hydrogen-bond donors (Lipinski definition) is 1. The predicted molar refractivity (Wildman–Crippen MR) is 132 cm³/mol. The summed E-state index contributed by atoms with van der Waals surface area (Å²) in [6, 6.07) is 5.51. The second kappa shape index (κ2) is 8.41. The van der Waals surface area contributed by atoms with Crippen LogP contribution in [0.15, 0.2) is 47.3 Å². The normalized spacial score (nSPS) is 22.1. The Labute approximate surface area is 213 Å². The van der Waals surface area contributed by atoms with Crippen LogP contribution in [0.2, 0.25) is 0 Å². The Hall–Kier alpha value is -3.73. The standard InChI is InChI=1S/C26H22F2N6O2S/c1-25(2)16-6-7-26(25,23-15(16)8-19(33-34-23)22-17(27)4-3-5-18(22)28)21-10-30-9-20(32-21)24-31-14(11-36-24)12-37(35)13-29/h3-5,8-11,13,16,29H,6-7,12H2,1-2H3/t16-,26-,37?/m0/s1. The molecular formula is C26H22F2N6O2S. The van der Waals surface area contributed by atoms with Crippen LogP contribution in [0.3, 0.4) is 0 Å². The van der Waals surface area contributed by atoms with E-state index in [1.165, 1.54) is 24.5 Å². The lowest BCUT2D eigenvalue weighted by Crippen LogP contribution is -2.38. The lowest BCUT2D eigenvalue weighted by Gasteiger charge is -2.37. The first kappa shape index (κ1) is 23.7. The molecule has 6 rings (SSSR count). The number of benzene rings is 1. The van der Waals surface area contributed by atoms with Gasteiger partial charge in [0.1, 0.15) is 23.6 Å². The van der Waals surface area contributed by atoms with Crippen molar-refractivity contribution in [3.63, 3.8) is 0 Å². The molecule has 11 heteroatoms. The first-order chi connectivity index (χ1) is 17.8. The van der Waals surface area contributed by atoms with Crippen LogP contribution in [0, 0.1) is 22.5 Å². The highest BCUT2D eigenvalue weighted by molar-refractivity contribution is 7.97. The molecule has 3 heterocycles. The maximum absolute atomic E-state index is 14.5. The van der Waals surface area contributed by atoms with E-state index in [9.17, 15) is 13.0 Å². The number of oxazole rings is 1. The molecule has 0 radical (unpaired) electrons. The molecule has 188 valence electrons. The number of aromatic nitrogens is 5. The highest BCUT2D eigenvalue weighted by Crippen LogP contribution is 2.69. The van der Waals surface area contributed by atoms with Crippen molar-refractivity contribution in [1.29, 1.82) is 5.41 Å². The summed E-state index contributed by atoms with van der Waals surface area (Å²) in [5.41, 5.74) is 3.16. The molecular weight excluding hydrogens is 498 g/mol. The maximum atomic E-state index is 14.5. The van der Waals surface area contributed by atoms with Crippen molar-refractivity contribution in [2.75, 3.05) is 0 Å². The molecule has 37 heavy (non-hydrogen) atoms. The SMILES string of the molecule is CC1(C)[C@H]2CC[C@]1(c1cncc(-c3nc(CS(=O)C=N)co3)n1)c1nnc(-c3c(F)cccc3F)cc12. The van der Waals surface area contributed by atoms with E-state index in [-0.39, 0.29) is 34.2 Å². The molecule has 1 fully saturated rings. The molecule has 0 spiro atoms. The van der Waals surface area contributed by atoms with Crippen molar-refractivity contribution in [3.8, 4) is 22.8 Å². The Kier molecular flexibility index (Phi) is 5.37. The first-order valence-corrected chi connectivity index (χ1v) is 13.1. The van der Waals surface area contributed by atoms with Gasteiger partial charge in [0.25, 0.3) is 0 Å². The smallest absolute Gasteiger partial charge is 0.246 e. The zero-order valence-corrected chi connectivity index (χ0v) is 20.9. The summed E-state index contributed by atoms with van der Waals surface area (Å²) < 4.78 is 46.3. The van der Waals surface area contributed by atoms with E-state index < -0.39 is 27.8 Å². The van der Waals surface area contributed by atoms with Crippen LogP contribution >= 0.6 is 0 Å². The Balaban J connectivity index is 1.44. The lowest BCUT2D eigenvalue weighted by atomic mass is 9.66. The quantitative estimate of drug-likeness (QED) is 0.283. The van der Waals surface area contributed by atoms with Crippen molar-refractivity contribution in [1.82, 2.24) is 25.1 Å². The molecule has 2 bridgehead atoms. The summed E-state index contributed by atoms with van der Waals surface area (Å²) in [4.78, 5) is 13.7. The zero-order chi connectivity index (χ0) is 25.9. The first-order valence-electron chi connectivity index (χ1n) is 11.7. The minimum absolute atomic E-state index is 0.0761. The van der Waals surface area contributed by atoms with Gasteiger partial charge in [0.15, 0.2) is 0 Å². The molecule has 0 amide bonds. The van der Waals surface area contributed by atoms with Gasteiger partial charge >= 0.3 is 0 Å². The van der Waals surface area contributed by atoms with E-state index in [4.69, 9.17) is 14.8 Å². The van der Waals surface area contributed by atoms with Crippen LogP contribution in [0.5, 0.6) is 0 Å². The van der Waals surface area contributed by atoms with Crippen LogP contribution in [-0.4, -0.2) is 34.9 Å². The number of nitrogens with one attached hydrogen (secondary N) is 1. The summed E-state index contributed by atoms with van der Waals surface area (Å²) in [5.74, 6) is -0.946. The minimum Gasteiger partial charge on any atom is -0.443 e. The zero-order valence-electron chi connectivity index (χ0n) is 20.0. The van der Waals surface area contributed by atoms with Crippen LogP contribution < -0.4 is 0 Å². The fourth-order valence-corrected chi connectivity index (χ4v) is 6.62. The van der Waals surface area contributed by atoms with Crippen LogP contribution in [0.25, 0.3) is 22.8 Å². The molecule has 0 aliphatic heterocycles. The molecule has 1 unspecified atom stereocenters. The van der Waals surface area contributed by atoms with Crippen LogP contribution in [0.1, 0.15) is 55.3 Å². The molecule has 8 nitrogen and oxygen atoms in total. The molecule has 3 aromatic heterocycles. The van der Waals surface area contributed by atoms with E-state index >= 15 is 0 Å². The second-order valence-electron chi connectivity index (χ2n) is 9.92. The largest absolute Gasteiger partial charge is 0.443 e. The van der Waals surface area contributed by atoms with E-state index in [1.807, 2.05) is 0 Å². The monoisotopic (exact) mass is 520 g/mol. The molecule has 4 aromatic rings. The third-order valence-electron chi connectivity index (χ3n) is 7.87. The summed E-state index contributed by atoms with van der Waals surface area (Å²) in [7, 11) is -1.46. The van der Waals surface area contributed by atoms with Crippen molar-refractivity contribution >= 4 is 16.3 Å². The van der Waals surface area contributed by atoms with Gasteiger partial charge in [-0.3, -0.25) is 14.6 Å². The van der Waals surface area contributed by atoms with Gasteiger partial charge in [-0.2, -0.15) is 5.10 Å². The van der Waals surface area contributed by atoms with Gasteiger partial charge in [0, 0.05) is 6.20 Å². The van der Waals surface area contributed by atoms with E-state index in [2.05, 4.69) is 34.0 Å². The fraction of sp³-hybridized carbons (Fsp3) is 0.308. The highest BCUT2D eigenvalue weighted by atomic mass is 32.2. The number of halogens is 2. The van der Waals surface area contributed by atoms with Crippen LogP contribution in [-0.2, 0) is 22.0 Å². The highest BCUT2D eigenvalue weighted by Gasteiger charge is 2.65. The van der Waals surface area contributed by atoms with E-state index in [0.717, 1.165) is 29.6 Å². The van der Waals surface area contributed by atoms with Crippen LogP contribution in [0.4, 0.5) is 8.78 Å². The third-order valence-corrected chi connectivity index (χ3v) is 8.71. The number of rotatable bonds is 6. The Morgan fingerprint density at radius 1 is 1.16 bits per heavy atom. The third kappa shape index (κ3) is 3.40. The average molecular weight is 521 g/mol. The summed E-state index contributed by atoms with van der Waals surface area (Å²) in [6.07, 6.45) is 6.29. The van der Waals surface area contributed by atoms with Gasteiger partial charge in [0.2, 0.25) is 5.89 Å². The van der Waals surface area contributed by atoms with Gasteiger partial charge in [0.05, 0.1) is 62.1 Å². The van der Waals surface area contributed by atoms with E-state index in [0.29, 0.717) is 17.1 Å². The summed E-state index contributed by atoms with van der Waals surface area (Å²) >= 11 is 0. The average Bonchev–Trinajstić information content (AvgIpc) is 3.51. The maximum Gasteiger partial charge on any atom is 0.246 e. The molecule has 0 saturated heterocycles. The fourth-order valence-electron chi connectivity index (χ4n) is 6.11. The molecule has 3 atom stereocenters. The Bertz CT molecular complexity index is 1570. The molecule has 1 saturated carbocycles. The predicted octanol–water partition coefficient (Wildman–Crippen LogP) is 4.93. The Morgan fingerprint density at radius 3 is 2.70 bits per heavy atom. The number of fused-ring (bicyclic) bond motifs is 5. The van der Waals surface area contributed by atoms with Gasteiger partial charge in [-0.15, -0.1) is 5.10 Å². The molecule has 2 aliphatic carbocycles. The summed E-state index contributed by atoms with van der Waals surface area (Å²) in [5, 5.41) is 15.9. The molecule has 2 aliphatic rings. The van der Waals surface area contributed by atoms with Gasteiger partial charge in [-0.25, -0.2) is 18.7 Å².